The smallest absolute Gasteiger partial charge is 0.409 e. The number of rotatable bonds is 6. The summed E-state index contributed by atoms with van der Waals surface area (Å²) in [6, 6.07) is 6.10. The number of carbonyl (C=O) groups excluding carboxylic acids is 2. The summed E-state index contributed by atoms with van der Waals surface area (Å²) >= 11 is 0. The van der Waals surface area contributed by atoms with Gasteiger partial charge in [-0.1, -0.05) is 52.3 Å². The quantitative estimate of drug-likeness (QED) is 0.777. The Hall–Kier alpha value is -2.24. The minimum Gasteiger partial charge on any atom is -0.483 e. The first-order valence-electron chi connectivity index (χ1n) is 10.5. The lowest BCUT2D eigenvalue weighted by atomic mass is 9.85. The first kappa shape index (κ1) is 23.0. The molecule has 1 aromatic carbocycles. The SMILES string of the molecule is Cc1ccc(OCC(=O)NC2CCN(C(=O)OCC(C)C)CC2)c(C(C)(C)C)c1. The van der Waals surface area contributed by atoms with Crippen LogP contribution in [0.4, 0.5) is 4.79 Å². The fraction of sp³-hybridized carbons (Fsp3) is 0.652. The van der Waals surface area contributed by atoms with Crippen molar-refractivity contribution in [1.82, 2.24) is 10.2 Å². The van der Waals surface area contributed by atoms with Crippen molar-refractivity contribution in [2.75, 3.05) is 26.3 Å². The molecule has 2 amide bonds. The van der Waals surface area contributed by atoms with Crippen LogP contribution in [0.3, 0.4) is 0 Å². The summed E-state index contributed by atoms with van der Waals surface area (Å²) in [5.41, 5.74) is 2.21. The minimum atomic E-state index is -0.263. The maximum absolute atomic E-state index is 12.4. The molecule has 0 aromatic heterocycles. The Labute approximate surface area is 174 Å². The molecular formula is C23H36N2O4. The Kier molecular flexibility index (Phi) is 7.94. The second-order valence-corrected chi connectivity index (χ2v) is 9.34. The molecule has 1 aliphatic rings. The second-order valence-electron chi connectivity index (χ2n) is 9.34. The predicted molar refractivity (Wildman–Crippen MR) is 114 cm³/mol. The molecule has 1 N–H and O–H groups in total. The summed E-state index contributed by atoms with van der Waals surface area (Å²) in [5, 5.41) is 3.03. The van der Waals surface area contributed by atoms with E-state index < -0.39 is 0 Å². The van der Waals surface area contributed by atoms with Gasteiger partial charge >= 0.3 is 6.09 Å². The molecular weight excluding hydrogens is 368 g/mol. The molecule has 0 bridgehead atoms. The lowest BCUT2D eigenvalue weighted by Crippen LogP contribution is -2.47. The van der Waals surface area contributed by atoms with Crippen LogP contribution in [0.5, 0.6) is 5.75 Å². The van der Waals surface area contributed by atoms with Crippen molar-refractivity contribution in [2.24, 2.45) is 5.92 Å². The summed E-state index contributed by atoms with van der Waals surface area (Å²) in [6.07, 6.45) is 1.18. The maximum atomic E-state index is 12.4. The molecule has 0 atom stereocenters. The number of ether oxygens (including phenoxy) is 2. The third-order valence-electron chi connectivity index (χ3n) is 4.96. The van der Waals surface area contributed by atoms with Gasteiger partial charge in [-0.05, 0) is 42.7 Å². The normalized spacial score (nSPS) is 15.3. The van der Waals surface area contributed by atoms with Gasteiger partial charge in [0.25, 0.3) is 5.91 Å². The molecule has 162 valence electrons. The van der Waals surface area contributed by atoms with Gasteiger partial charge < -0.3 is 19.7 Å². The highest BCUT2D eigenvalue weighted by Gasteiger charge is 2.25. The Bertz CT molecular complexity index is 701. The van der Waals surface area contributed by atoms with Crippen LogP contribution in [0.15, 0.2) is 18.2 Å². The van der Waals surface area contributed by atoms with Crippen molar-refractivity contribution in [2.45, 2.75) is 65.8 Å². The van der Waals surface area contributed by atoms with Crippen LogP contribution in [0.1, 0.15) is 58.6 Å². The molecule has 1 heterocycles. The first-order chi connectivity index (χ1) is 13.6. The number of carbonyl (C=O) groups is 2. The Morgan fingerprint density at radius 3 is 2.45 bits per heavy atom. The molecule has 0 saturated carbocycles. The summed E-state index contributed by atoms with van der Waals surface area (Å²) in [6.45, 7) is 14.1. The highest BCUT2D eigenvalue weighted by atomic mass is 16.6. The van der Waals surface area contributed by atoms with Gasteiger partial charge in [0.05, 0.1) is 6.61 Å². The van der Waals surface area contributed by atoms with Crippen LogP contribution >= 0.6 is 0 Å². The van der Waals surface area contributed by atoms with Crippen LogP contribution in [0.25, 0.3) is 0 Å². The van der Waals surface area contributed by atoms with E-state index in [4.69, 9.17) is 9.47 Å². The number of likely N-dealkylation sites (tertiary alicyclic amines) is 1. The van der Waals surface area contributed by atoms with Gasteiger partial charge in [-0.25, -0.2) is 4.79 Å². The lowest BCUT2D eigenvalue weighted by Gasteiger charge is -2.32. The summed E-state index contributed by atoms with van der Waals surface area (Å²) < 4.78 is 11.1. The van der Waals surface area contributed by atoms with Crippen molar-refractivity contribution in [1.29, 1.82) is 0 Å². The number of benzene rings is 1. The zero-order chi connectivity index (χ0) is 21.6. The van der Waals surface area contributed by atoms with Crippen LogP contribution in [-0.4, -0.2) is 49.2 Å². The monoisotopic (exact) mass is 404 g/mol. The Morgan fingerprint density at radius 2 is 1.86 bits per heavy atom. The average molecular weight is 405 g/mol. The maximum Gasteiger partial charge on any atom is 0.409 e. The van der Waals surface area contributed by atoms with E-state index in [9.17, 15) is 9.59 Å². The van der Waals surface area contributed by atoms with E-state index in [1.807, 2.05) is 26.0 Å². The number of nitrogens with zero attached hydrogens (tertiary/aromatic N) is 1. The highest BCUT2D eigenvalue weighted by molar-refractivity contribution is 5.78. The van der Waals surface area contributed by atoms with E-state index in [0.29, 0.717) is 25.6 Å². The number of amides is 2. The Morgan fingerprint density at radius 1 is 1.21 bits per heavy atom. The lowest BCUT2D eigenvalue weighted by molar-refractivity contribution is -0.124. The van der Waals surface area contributed by atoms with Crippen LogP contribution in [0, 0.1) is 12.8 Å². The molecule has 1 aliphatic heterocycles. The number of hydrogen-bond donors (Lipinski definition) is 1. The van der Waals surface area contributed by atoms with Gasteiger partial charge in [0.2, 0.25) is 0 Å². The van der Waals surface area contributed by atoms with E-state index in [2.05, 4.69) is 39.1 Å². The van der Waals surface area contributed by atoms with Gasteiger partial charge in [0.15, 0.2) is 6.61 Å². The standard InChI is InChI=1S/C23H36N2O4/c1-16(2)14-29-22(27)25-11-9-18(10-12-25)24-21(26)15-28-20-8-7-17(3)13-19(20)23(4,5)6/h7-8,13,16,18H,9-12,14-15H2,1-6H3,(H,24,26). The van der Waals surface area contributed by atoms with E-state index >= 15 is 0 Å². The van der Waals surface area contributed by atoms with Crippen molar-refractivity contribution in [3.05, 3.63) is 29.3 Å². The first-order valence-corrected chi connectivity index (χ1v) is 10.5. The third-order valence-corrected chi connectivity index (χ3v) is 4.96. The second kappa shape index (κ2) is 9.99. The fourth-order valence-corrected chi connectivity index (χ4v) is 3.30. The van der Waals surface area contributed by atoms with Gasteiger partial charge in [-0.2, -0.15) is 0 Å². The van der Waals surface area contributed by atoms with E-state index in [1.54, 1.807) is 4.90 Å². The zero-order valence-electron chi connectivity index (χ0n) is 18.7. The van der Waals surface area contributed by atoms with Crippen LogP contribution in [0.2, 0.25) is 0 Å². The van der Waals surface area contributed by atoms with Crippen LogP contribution < -0.4 is 10.1 Å². The Balaban J connectivity index is 1.79. The molecule has 0 aliphatic carbocycles. The molecule has 6 heteroatoms. The number of aryl methyl sites for hydroxylation is 1. The number of nitrogens with one attached hydrogen (secondary N) is 1. The molecule has 1 saturated heterocycles. The van der Waals surface area contributed by atoms with Gasteiger partial charge in [-0.15, -0.1) is 0 Å². The molecule has 1 aromatic rings. The fourth-order valence-electron chi connectivity index (χ4n) is 3.30. The van der Waals surface area contributed by atoms with Gasteiger partial charge in [0.1, 0.15) is 5.75 Å². The van der Waals surface area contributed by atoms with Crippen molar-refractivity contribution in [3.63, 3.8) is 0 Å². The molecule has 1 fully saturated rings. The van der Waals surface area contributed by atoms with Crippen molar-refractivity contribution < 1.29 is 19.1 Å². The topological polar surface area (TPSA) is 67.9 Å². The van der Waals surface area contributed by atoms with Crippen molar-refractivity contribution in [3.8, 4) is 5.75 Å². The minimum absolute atomic E-state index is 0.0111. The number of piperidine rings is 1. The molecule has 29 heavy (non-hydrogen) atoms. The van der Waals surface area contributed by atoms with E-state index in [1.165, 1.54) is 5.56 Å². The molecule has 6 nitrogen and oxygen atoms in total. The van der Waals surface area contributed by atoms with Crippen molar-refractivity contribution >= 4 is 12.0 Å². The molecule has 0 radical (unpaired) electrons. The molecule has 0 unspecified atom stereocenters. The predicted octanol–water partition coefficient (Wildman–Crippen LogP) is 4.04. The largest absolute Gasteiger partial charge is 0.483 e. The molecule has 2 rings (SSSR count). The summed E-state index contributed by atoms with van der Waals surface area (Å²) in [7, 11) is 0. The summed E-state index contributed by atoms with van der Waals surface area (Å²) in [4.78, 5) is 26.1. The van der Waals surface area contributed by atoms with Crippen LogP contribution in [-0.2, 0) is 14.9 Å². The highest BCUT2D eigenvalue weighted by Crippen LogP contribution is 2.32. The zero-order valence-corrected chi connectivity index (χ0v) is 18.7. The molecule has 0 spiro atoms. The van der Waals surface area contributed by atoms with Gasteiger partial charge in [0, 0.05) is 19.1 Å². The number of hydrogen-bond acceptors (Lipinski definition) is 4. The van der Waals surface area contributed by atoms with E-state index in [0.717, 1.165) is 24.2 Å². The van der Waals surface area contributed by atoms with Gasteiger partial charge in [-0.3, -0.25) is 4.79 Å². The van der Waals surface area contributed by atoms with E-state index in [-0.39, 0.29) is 30.1 Å². The summed E-state index contributed by atoms with van der Waals surface area (Å²) in [5.74, 6) is 0.940. The average Bonchev–Trinajstić information content (AvgIpc) is 2.65. The third kappa shape index (κ3) is 7.26.